The largest absolute Gasteiger partial charge is 0.497 e. The second-order valence-electron chi connectivity index (χ2n) is 8.15. The van der Waals surface area contributed by atoms with Crippen LogP contribution in [0.25, 0.3) is 0 Å². The number of carbonyl (C=O) groups is 1. The smallest absolute Gasteiger partial charge is 0.243 e. The third-order valence-corrected chi connectivity index (χ3v) is 7.65. The summed E-state index contributed by atoms with van der Waals surface area (Å²) in [5.74, 6) is 1.26. The number of nitrogens with zero attached hydrogens (tertiary/aromatic N) is 1. The van der Waals surface area contributed by atoms with Crippen molar-refractivity contribution in [3.8, 4) is 17.2 Å². The van der Waals surface area contributed by atoms with E-state index in [1.807, 2.05) is 43.3 Å². The molecule has 3 aromatic carbocycles. The molecule has 1 N–H and O–H groups in total. The van der Waals surface area contributed by atoms with Crippen molar-refractivity contribution in [3.05, 3.63) is 83.9 Å². The fourth-order valence-electron chi connectivity index (χ4n) is 3.73. The van der Waals surface area contributed by atoms with Crippen molar-refractivity contribution in [2.24, 2.45) is 0 Å². The van der Waals surface area contributed by atoms with Crippen LogP contribution in [0.2, 0.25) is 0 Å². The summed E-state index contributed by atoms with van der Waals surface area (Å²) in [6, 6.07) is 20.7. The lowest BCUT2D eigenvalue weighted by atomic mass is 10.1. The second kappa shape index (κ2) is 12.4. The van der Waals surface area contributed by atoms with Gasteiger partial charge in [0.05, 0.1) is 38.8 Å². The highest BCUT2D eigenvalue weighted by atomic mass is 32.2. The maximum absolute atomic E-state index is 13.5. The van der Waals surface area contributed by atoms with Gasteiger partial charge in [0.1, 0.15) is 5.75 Å². The summed E-state index contributed by atoms with van der Waals surface area (Å²) in [7, 11) is 0.675. The normalized spacial score (nSPS) is 12.1. The minimum absolute atomic E-state index is 0.0945. The summed E-state index contributed by atoms with van der Waals surface area (Å²) in [5, 5.41) is 2.89. The highest BCUT2D eigenvalue weighted by Crippen LogP contribution is 2.30. The maximum atomic E-state index is 13.5. The molecular weight excluding hydrogens is 480 g/mol. The lowest BCUT2D eigenvalue weighted by Crippen LogP contribution is -2.42. The van der Waals surface area contributed by atoms with E-state index >= 15 is 0 Å². The number of amides is 1. The predicted molar refractivity (Wildman–Crippen MR) is 138 cm³/mol. The first-order valence-electron chi connectivity index (χ1n) is 11.5. The number of hydrogen-bond donors (Lipinski definition) is 1. The summed E-state index contributed by atoms with van der Waals surface area (Å²) in [4.78, 5) is 13.1. The van der Waals surface area contributed by atoms with Crippen LogP contribution in [0.5, 0.6) is 17.2 Å². The number of ether oxygens (including phenoxy) is 3. The molecule has 36 heavy (non-hydrogen) atoms. The number of rotatable bonds is 12. The summed E-state index contributed by atoms with van der Waals surface area (Å²) in [5.41, 5.74) is 1.78. The minimum atomic E-state index is -3.93. The van der Waals surface area contributed by atoms with Crippen molar-refractivity contribution in [3.63, 3.8) is 0 Å². The average molecular weight is 513 g/mol. The summed E-state index contributed by atoms with van der Waals surface area (Å²) >= 11 is 0. The fraction of sp³-hybridized carbons (Fsp3) is 0.296. The number of carbonyl (C=O) groups excluding carboxylic acids is 1. The van der Waals surface area contributed by atoms with Gasteiger partial charge in [0, 0.05) is 6.54 Å². The zero-order valence-corrected chi connectivity index (χ0v) is 21.7. The fourth-order valence-corrected chi connectivity index (χ4v) is 5.13. The van der Waals surface area contributed by atoms with Gasteiger partial charge in [0.2, 0.25) is 15.9 Å². The zero-order valence-electron chi connectivity index (χ0n) is 20.9. The monoisotopic (exact) mass is 512 g/mol. The molecule has 1 atom stereocenters. The van der Waals surface area contributed by atoms with E-state index in [4.69, 9.17) is 14.2 Å². The summed E-state index contributed by atoms with van der Waals surface area (Å²) < 4.78 is 43.9. The Balaban J connectivity index is 1.79. The molecular formula is C27H32N2O6S. The number of benzene rings is 3. The van der Waals surface area contributed by atoms with Crippen LogP contribution < -0.4 is 19.5 Å². The van der Waals surface area contributed by atoms with Gasteiger partial charge in [-0.3, -0.25) is 4.79 Å². The van der Waals surface area contributed by atoms with Gasteiger partial charge in [-0.15, -0.1) is 0 Å². The van der Waals surface area contributed by atoms with Crippen molar-refractivity contribution < 1.29 is 27.4 Å². The van der Waals surface area contributed by atoms with Gasteiger partial charge in [-0.2, -0.15) is 4.31 Å². The van der Waals surface area contributed by atoms with Gasteiger partial charge in [-0.25, -0.2) is 8.42 Å². The Kier molecular flexibility index (Phi) is 9.32. The molecule has 0 aliphatic heterocycles. The Bertz CT molecular complexity index is 1250. The molecule has 0 saturated carbocycles. The van der Waals surface area contributed by atoms with Gasteiger partial charge < -0.3 is 19.5 Å². The molecule has 0 aliphatic rings. The lowest BCUT2D eigenvalue weighted by molar-refractivity contribution is -0.121. The van der Waals surface area contributed by atoms with Crippen molar-refractivity contribution in [2.75, 3.05) is 34.4 Å². The minimum Gasteiger partial charge on any atom is -0.497 e. The van der Waals surface area contributed by atoms with Crippen LogP contribution in [-0.4, -0.2) is 53.0 Å². The van der Waals surface area contributed by atoms with E-state index in [1.54, 1.807) is 38.5 Å². The first kappa shape index (κ1) is 27.0. The molecule has 0 bridgehead atoms. The molecule has 3 aromatic rings. The van der Waals surface area contributed by atoms with Gasteiger partial charge in [-0.05, 0) is 60.9 Å². The molecule has 0 radical (unpaired) electrons. The number of methoxy groups -OCH3 is 3. The molecule has 0 fully saturated rings. The van der Waals surface area contributed by atoms with Crippen molar-refractivity contribution in [2.45, 2.75) is 24.3 Å². The number of hydrogen-bond acceptors (Lipinski definition) is 6. The lowest BCUT2D eigenvalue weighted by Gasteiger charge is -2.23. The molecule has 8 nitrogen and oxygen atoms in total. The molecule has 0 spiro atoms. The number of nitrogens with one attached hydrogen (secondary N) is 1. The van der Waals surface area contributed by atoms with E-state index in [0.29, 0.717) is 23.7 Å². The van der Waals surface area contributed by atoms with Crippen molar-refractivity contribution in [1.82, 2.24) is 9.62 Å². The van der Waals surface area contributed by atoms with Crippen LogP contribution in [0.15, 0.2) is 77.7 Å². The standard InChI is InChI=1S/C27H32N2O6S/c1-20(22-10-15-25(34-3)26(18-22)35-4)28-27(30)19-29(17-16-21-8-6-5-7-9-21)36(31,32)24-13-11-23(33-2)12-14-24/h5-15,18,20H,16-17,19H2,1-4H3,(H,28,30)/t20-/m0/s1. The molecule has 0 aliphatic carbocycles. The third kappa shape index (κ3) is 6.77. The average Bonchev–Trinajstić information content (AvgIpc) is 2.90. The SMILES string of the molecule is COc1ccc(S(=O)(=O)N(CCc2ccccc2)CC(=O)N[C@@H](C)c2ccc(OC)c(OC)c2)cc1. The Morgan fingerprint density at radius 3 is 2.17 bits per heavy atom. The molecule has 9 heteroatoms. The highest BCUT2D eigenvalue weighted by molar-refractivity contribution is 7.89. The van der Waals surface area contributed by atoms with Crippen LogP contribution >= 0.6 is 0 Å². The Hall–Kier alpha value is -3.56. The first-order chi connectivity index (χ1) is 17.3. The molecule has 0 saturated heterocycles. The van der Waals surface area contributed by atoms with E-state index in [1.165, 1.54) is 23.5 Å². The predicted octanol–water partition coefficient (Wildman–Crippen LogP) is 3.82. The van der Waals surface area contributed by atoms with Crippen LogP contribution in [0, 0.1) is 0 Å². The van der Waals surface area contributed by atoms with Crippen LogP contribution in [0.1, 0.15) is 24.1 Å². The van der Waals surface area contributed by atoms with E-state index in [9.17, 15) is 13.2 Å². The van der Waals surface area contributed by atoms with Crippen molar-refractivity contribution >= 4 is 15.9 Å². The van der Waals surface area contributed by atoms with Crippen LogP contribution in [0.3, 0.4) is 0 Å². The third-order valence-electron chi connectivity index (χ3n) is 5.79. The van der Waals surface area contributed by atoms with Gasteiger partial charge in [-0.1, -0.05) is 36.4 Å². The molecule has 0 heterocycles. The molecule has 3 rings (SSSR count). The summed E-state index contributed by atoms with van der Waals surface area (Å²) in [6.07, 6.45) is 0.467. The van der Waals surface area contributed by atoms with E-state index in [2.05, 4.69) is 5.32 Å². The van der Waals surface area contributed by atoms with Crippen LogP contribution in [-0.2, 0) is 21.2 Å². The number of sulfonamides is 1. The second-order valence-corrected chi connectivity index (χ2v) is 10.1. The molecule has 0 aromatic heterocycles. The topological polar surface area (TPSA) is 94.2 Å². The quantitative estimate of drug-likeness (QED) is 0.397. The molecule has 0 unspecified atom stereocenters. The maximum Gasteiger partial charge on any atom is 0.243 e. The van der Waals surface area contributed by atoms with Gasteiger partial charge >= 0.3 is 0 Å². The molecule has 1 amide bonds. The van der Waals surface area contributed by atoms with Gasteiger partial charge in [0.15, 0.2) is 11.5 Å². The Morgan fingerprint density at radius 2 is 1.56 bits per heavy atom. The van der Waals surface area contributed by atoms with Crippen LogP contribution in [0.4, 0.5) is 0 Å². The van der Waals surface area contributed by atoms with E-state index < -0.39 is 15.9 Å². The van der Waals surface area contributed by atoms with Gasteiger partial charge in [0.25, 0.3) is 0 Å². The first-order valence-corrected chi connectivity index (χ1v) is 12.9. The summed E-state index contributed by atoms with van der Waals surface area (Å²) in [6.45, 7) is 1.65. The van der Waals surface area contributed by atoms with Crippen molar-refractivity contribution in [1.29, 1.82) is 0 Å². The Labute approximate surface area is 212 Å². The zero-order chi connectivity index (χ0) is 26.1. The highest BCUT2D eigenvalue weighted by Gasteiger charge is 2.27. The van der Waals surface area contributed by atoms with E-state index in [-0.39, 0.29) is 24.0 Å². The van der Waals surface area contributed by atoms with E-state index in [0.717, 1.165) is 11.1 Å². The Morgan fingerprint density at radius 1 is 0.889 bits per heavy atom. The molecule has 192 valence electrons.